The number of benzene rings is 2. The van der Waals surface area contributed by atoms with Gasteiger partial charge in [-0.2, -0.15) is 0 Å². The summed E-state index contributed by atoms with van der Waals surface area (Å²) in [5.74, 6) is 0.590. The Kier molecular flexibility index (Phi) is 6.38. The molecular weight excluding hydrogens is 470 g/mol. The summed E-state index contributed by atoms with van der Waals surface area (Å²) >= 11 is 0. The summed E-state index contributed by atoms with van der Waals surface area (Å²) in [5, 5.41) is 4.53. The average molecular weight is 494 g/mol. The van der Waals surface area contributed by atoms with Gasteiger partial charge in [0, 0.05) is 30.0 Å². The molecule has 8 nitrogen and oxygen atoms in total. The van der Waals surface area contributed by atoms with Crippen molar-refractivity contribution in [1.29, 1.82) is 0 Å². The summed E-state index contributed by atoms with van der Waals surface area (Å²) in [5.41, 5.74) is 4.60. The Morgan fingerprint density at radius 3 is 2.44 bits per heavy atom. The molecule has 36 heavy (non-hydrogen) atoms. The number of rotatable bonds is 7. The first-order valence-corrected chi connectivity index (χ1v) is 12.3. The molecule has 2 N–H and O–H groups in total. The molecule has 3 heterocycles. The summed E-state index contributed by atoms with van der Waals surface area (Å²) < 4.78 is 17.5. The molecule has 0 aliphatic rings. The molecule has 0 aliphatic carbocycles. The van der Waals surface area contributed by atoms with Gasteiger partial charge in [-0.05, 0) is 49.4 Å². The predicted octanol–water partition coefficient (Wildman–Crippen LogP) is 3.75. The van der Waals surface area contributed by atoms with Gasteiger partial charge in [0.2, 0.25) is 0 Å². The largest absolute Gasteiger partial charge is 0.337 e. The van der Waals surface area contributed by atoms with Crippen LogP contribution in [-0.2, 0) is 11.0 Å². The molecule has 0 fully saturated rings. The number of anilines is 3. The number of imidazole rings is 1. The maximum Gasteiger partial charge on any atom is 0.181 e. The summed E-state index contributed by atoms with van der Waals surface area (Å²) in [4.78, 5) is 18.8. The third-order valence-electron chi connectivity index (χ3n) is 5.38. The van der Waals surface area contributed by atoms with Gasteiger partial charge in [0.25, 0.3) is 0 Å². The second kappa shape index (κ2) is 9.93. The van der Waals surface area contributed by atoms with E-state index in [1.807, 2.05) is 72.2 Å². The molecule has 0 radical (unpaired) electrons. The molecule has 0 bridgehead atoms. The second-order valence-corrected chi connectivity index (χ2v) is 9.22. The van der Waals surface area contributed by atoms with Gasteiger partial charge in [-0.25, -0.2) is 19.2 Å². The van der Waals surface area contributed by atoms with E-state index >= 15 is 0 Å². The number of nitrogens with zero attached hydrogens (tertiary/aromatic N) is 5. The molecule has 178 valence electrons. The number of hydrogen-bond acceptors (Lipinski definition) is 6. The molecule has 1 unspecified atom stereocenters. The number of fused-ring (bicyclic) bond motifs is 1. The Labute approximate surface area is 210 Å². The molecule has 9 heteroatoms. The standard InChI is InChI=1S/C27H23N7OS/c1-4-5-23-19(3)30-24(16-29-23)25-17-34-15-14-28-26(27(34)32-25)31-20-8-10-21(11-9-20)33-36(35)22-12-6-18(2)7-13-22/h4-17,33H,1,3H2,2H3,(H,28,31)/b23-5+. The molecule has 0 saturated heterocycles. The van der Waals surface area contributed by atoms with Crippen LogP contribution in [0.3, 0.4) is 0 Å². The van der Waals surface area contributed by atoms with Crippen LogP contribution < -0.4 is 20.7 Å². The SMILES string of the molecule is C=C/C=c1/ncc(-c2cn3ccnc(Nc4ccc(NS(=O)c5ccc(C)cc5)cc4)c3n2)nc1=C. The summed E-state index contributed by atoms with van der Waals surface area (Å²) in [6.07, 6.45) is 10.5. The molecule has 0 spiro atoms. The van der Waals surface area contributed by atoms with E-state index in [1.54, 1.807) is 24.5 Å². The normalized spacial score (nSPS) is 12.4. The van der Waals surface area contributed by atoms with E-state index in [9.17, 15) is 4.21 Å². The smallest absolute Gasteiger partial charge is 0.181 e. The van der Waals surface area contributed by atoms with Crippen molar-refractivity contribution < 1.29 is 4.21 Å². The Balaban J connectivity index is 1.36. The molecule has 3 aromatic heterocycles. The van der Waals surface area contributed by atoms with Crippen LogP contribution >= 0.6 is 0 Å². The van der Waals surface area contributed by atoms with Crippen molar-refractivity contribution in [2.75, 3.05) is 10.0 Å². The lowest BCUT2D eigenvalue weighted by Crippen LogP contribution is -2.29. The van der Waals surface area contributed by atoms with E-state index in [4.69, 9.17) is 4.98 Å². The van der Waals surface area contributed by atoms with Crippen molar-refractivity contribution in [3.8, 4) is 11.4 Å². The highest BCUT2D eigenvalue weighted by molar-refractivity contribution is 7.86. The Bertz CT molecular complexity index is 1690. The zero-order valence-electron chi connectivity index (χ0n) is 19.5. The van der Waals surface area contributed by atoms with E-state index in [0.29, 0.717) is 33.6 Å². The van der Waals surface area contributed by atoms with Gasteiger partial charge in [-0.3, -0.25) is 4.98 Å². The van der Waals surface area contributed by atoms with Crippen LogP contribution in [0, 0.1) is 6.92 Å². The van der Waals surface area contributed by atoms with Gasteiger partial charge < -0.3 is 14.4 Å². The highest BCUT2D eigenvalue weighted by Gasteiger charge is 2.11. The summed E-state index contributed by atoms with van der Waals surface area (Å²) in [6.45, 7) is 9.65. The lowest BCUT2D eigenvalue weighted by atomic mass is 10.2. The minimum Gasteiger partial charge on any atom is -0.337 e. The highest BCUT2D eigenvalue weighted by atomic mass is 32.2. The maximum absolute atomic E-state index is 12.6. The zero-order valence-corrected chi connectivity index (χ0v) is 20.4. The molecule has 5 aromatic rings. The fraction of sp³-hybridized carbons (Fsp3) is 0.0370. The second-order valence-electron chi connectivity index (χ2n) is 8.01. The van der Waals surface area contributed by atoms with Gasteiger partial charge in [-0.1, -0.05) is 36.9 Å². The lowest BCUT2D eigenvalue weighted by molar-refractivity contribution is 0.686. The van der Waals surface area contributed by atoms with Gasteiger partial charge in [-0.15, -0.1) is 0 Å². The Morgan fingerprint density at radius 2 is 1.72 bits per heavy atom. The first-order chi connectivity index (χ1) is 17.5. The number of aryl methyl sites for hydroxylation is 1. The Hall–Kier alpha value is -4.63. The van der Waals surface area contributed by atoms with Crippen molar-refractivity contribution in [3.63, 3.8) is 0 Å². The zero-order chi connectivity index (χ0) is 25.1. The van der Waals surface area contributed by atoms with Crippen molar-refractivity contribution in [2.24, 2.45) is 0 Å². The van der Waals surface area contributed by atoms with E-state index in [1.165, 1.54) is 0 Å². The third kappa shape index (κ3) is 4.91. The van der Waals surface area contributed by atoms with Crippen molar-refractivity contribution >= 4 is 46.5 Å². The molecule has 1 atom stereocenters. The Morgan fingerprint density at radius 1 is 0.972 bits per heavy atom. The van der Waals surface area contributed by atoms with Gasteiger partial charge in [0.05, 0.1) is 21.8 Å². The number of nitrogens with one attached hydrogen (secondary N) is 2. The molecule has 2 aromatic carbocycles. The topological polar surface area (TPSA) is 97.1 Å². The van der Waals surface area contributed by atoms with Crippen LogP contribution in [0.25, 0.3) is 29.7 Å². The predicted molar refractivity (Wildman–Crippen MR) is 144 cm³/mol. The fourth-order valence-electron chi connectivity index (χ4n) is 3.53. The van der Waals surface area contributed by atoms with Crippen LogP contribution in [0.2, 0.25) is 0 Å². The van der Waals surface area contributed by atoms with Crippen LogP contribution in [0.5, 0.6) is 0 Å². The van der Waals surface area contributed by atoms with E-state index in [0.717, 1.165) is 21.8 Å². The monoisotopic (exact) mass is 493 g/mol. The lowest BCUT2D eigenvalue weighted by Gasteiger charge is -2.09. The van der Waals surface area contributed by atoms with Crippen molar-refractivity contribution in [2.45, 2.75) is 11.8 Å². The molecule has 0 aliphatic heterocycles. The van der Waals surface area contributed by atoms with Crippen LogP contribution in [-0.4, -0.2) is 28.5 Å². The maximum atomic E-state index is 12.6. The minimum atomic E-state index is -1.34. The van der Waals surface area contributed by atoms with Crippen LogP contribution in [0.1, 0.15) is 5.56 Å². The van der Waals surface area contributed by atoms with Crippen LogP contribution in [0.15, 0.2) is 90.9 Å². The average Bonchev–Trinajstić information content (AvgIpc) is 3.32. The number of aromatic nitrogens is 5. The molecule has 0 amide bonds. The quantitative estimate of drug-likeness (QED) is 0.358. The van der Waals surface area contributed by atoms with Crippen molar-refractivity contribution in [1.82, 2.24) is 24.3 Å². The number of hydrogen-bond donors (Lipinski definition) is 2. The van der Waals surface area contributed by atoms with Gasteiger partial charge in [0.15, 0.2) is 11.5 Å². The first kappa shape index (κ1) is 23.1. The molecule has 0 saturated carbocycles. The third-order valence-corrected chi connectivity index (χ3v) is 6.50. The fourth-order valence-corrected chi connectivity index (χ4v) is 4.38. The summed E-state index contributed by atoms with van der Waals surface area (Å²) in [6, 6.07) is 15.1. The van der Waals surface area contributed by atoms with E-state index in [2.05, 4.69) is 38.1 Å². The molecular formula is C27H23N7OS. The van der Waals surface area contributed by atoms with Crippen LogP contribution in [0.4, 0.5) is 17.2 Å². The van der Waals surface area contributed by atoms with E-state index < -0.39 is 11.0 Å². The number of allylic oxidation sites excluding steroid dienone is 1. The molecule has 5 rings (SSSR count). The van der Waals surface area contributed by atoms with E-state index in [-0.39, 0.29) is 0 Å². The van der Waals surface area contributed by atoms with Crippen molar-refractivity contribution in [3.05, 3.63) is 102 Å². The van der Waals surface area contributed by atoms with Gasteiger partial charge >= 0.3 is 0 Å². The minimum absolute atomic E-state index is 0.554. The van der Waals surface area contributed by atoms with Gasteiger partial charge in [0.1, 0.15) is 22.4 Å². The summed E-state index contributed by atoms with van der Waals surface area (Å²) in [7, 11) is -1.34. The highest BCUT2D eigenvalue weighted by Crippen LogP contribution is 2.23. The first-order valence-electron chi connectivity index (χ1n) is 11.1.